The number of carbonyl (C=O) groups is 1. The molecule has 1 fully saturated rings. The average molecular weight is 508 g/mol. The quantitative estimate of drug-likeness (QED) is 0.437. The smallest absolute Gasteiger partial charge is 0.236 e. The van der Waals surface area contributed by atoms with Crippen LogP contribution in [0.25, 0.3) is 0 Å². The Kier molecular flexibility index (Phi) is 5.85. The van der Waals surface area contributed by atoms with Crippen LogP contribution >= 0.6 is 23.8 Å². The van der Waals surface area contributed by atoms with Gasteiger partial charge in [0.05, 0.1) is 13.2 Å². The van der Waals surface area contributed by atoms with E-state index in [1.54, 1.807) is 13.2 Å². The lowest BCUT2D eigenvalue weighted by atomic mass is 9.78. The van der Waals surface area contributed by atoms with Crippen LogP contribution in [-0.4, -0.2) is 23.9 Å². The van der Waals surface area contributed by atoms with Crippen molar-refractivity contribution >= 4 is 46.2 Å². The van der Waals surface area contributed by atoms with Crippen LogP contribution in [0.2, 0.25) is 5.02 Å². The van der Waals surface area contributed by atoms with Crippen molar-refractivity contribution in [1.29, 1.82) is 0 Å². The molecule has 0 spiro atoms. The van der Waals surface area contributed by atoms with Gasteiger partial charge in [-0.05, 0) is 81.0 Å². The molecule has 6 nitrogen and oxygen atoms in total. The highest BCUT2D eigenvalue weighted by Gasteiger charge is 2.59. The predicted octanol–water partition coefficient (Wildman–Crippen LogP) is 5.76. The molecule has 0 saturated carbocycles. The summed E-state index contributed by atoms with van der Waals surface area (Å²) in [5, 5.41) is 7.55. The Morgan fingerprint density at radius 1 is 1.17 bits per heavy atom. The number of halogens is 1. The third-order valence-corrected chi connectivity index (χ3v) is 7.23. The van der Waals surface area contributed by atoms with E-state index in [0.29, 0.717) is 21.6 Å². The number of amides is 1. The van der Waals surface area contributed by atoms with Crippen LogP contribution in [-0.2, 0) is 4.79 Å². The van der Waals surface area contributed by atoms with Gasteiger partial charge in [0, 0.05) is 22.0 Å². The zero-order valence-electron chi connectivity index (χ0n) is 19.9. The van der Waals surface area contributed by atoms with E-state index in [4.69, 9.17) is 33.3 Å². The molecular weight excluding hydrogens is 482 g/mol. The number of anilines is 2. The molecule has 2 N–H and O–H groups in total. The molecule has 3 unspecified atom stereocenters. The van der Waals surface area contributed by atoms with E-state index in [0.717, 1.165) is 28.1 Å². The third kappa shape index (κ3) is 3.98. The number of rotatable bonds is 4. The van der Waals surface area contributed by atoms with Gasteiger partial charge in [-0.25, -0.2) is 0 Å². The lowest BCUT2D eigenvalue weighted by Gasteiger charge is -2.56. The highest BCUT2D eigenvalue weighted by atomic mass is 35.5. The second-order valence-corrected chi connectivity index (χ2v) is 9.91. The highest BCUT2D eigenvalue weighted by molar-refractivity contribution is 7.80. The molecule has 2 heterocycles. The minimum atomic E-state index is -1.12. The van der Waals surface area contributed by atoms with Gasteiger partial charge in [-0.3, -0.25) is 9.69 Å². The van der Waals surface area contributed by atoms with Crippen LogP contribution in [0.5, 0.6) is 11.5 Å². The van der Waals surface area contributed by atoms with Crippen LogP contribution in [0.15, 0.2) is 60.7 Å². The number of ether oxygens (including phenoxy) is 2. The number of hydrogen-bond acceptors (Lipinski definition) is 4. The summed E-state index contributed by atoms with van der Waals surface area (Å²) in [6.07, 6.45) is 0. The Hall–Kier alpha value is -3.29. The molecule has 0 aliphatic carbocycles. The Morgan fingerprint density at radius 2 is 1.97 bits per heavy atom. The average Bonchev–Trinajstić information content (AvgIpc) is 2.80. The molecule has 180 valence electrons. The maximum absolute atomic E-state index is 14.0. The summed E-state index contributed by atoms with van der Waals surface area (Å²) < 4.78 is 12.1. The molecule has 1 saturated heterocycles. The van der Waals surface area contributed by atoms with E-state index in [2.05, 4.69) is 10.6 Å². The fraction of sp³-hybridized carbons (Fsp3) is 0.259. The van der Waals surface area contributed by atoms with Gasteiger partial charge in [-0.15, -0.1) is 0 Å². The van der Waals surface area contributed by atoms with Crippen LogP contribution in [0.3, 0.4) is 0 Å². The fourth-order valence-electron chi connectivity index (χ4n) is 5.06. The first-order valence-corrected chi connectivity index (χ1v) is 12.1. The van der Waals surface area contributed by atoms with Gasteiger partial charge in [0.2, 0.25) is 5.91 Å². The first kappa shape index (κ1) is 23.5. The molecule has 2 aliphatic heterocycles. The number of thiocarbonyl (C=S) groups is 1. The van der Waals surface area contributed by atoms with Gasteiger partial charge in [0.15, 0.2) is 10.8 Å². The molecule has 35 heavy (non-hydrogen) atoms. The van der Waals surface area contributed by atoms with Crippen molar-refractivity contribution in [2.75, 3.05) is 17.3 Å². The van der Waals surface area contributed by atoms with Gasteiger partial charge >= 0.3 is 0 Å². The minimum Gasteiger partial charge on any atom is -0.497 e. The second-order valence-electron chi connectivity index (χ2n) is 9.09. The van der Waals surface area contributed by atoms with Gasteiger partial charge in [0.25, 0.3) is 0 Å². The largest absolute Gasteiger partial charge is 0.497 e. The van der Waals surface area contributed by atoms with Crippen LogP contribution in [0.1, 0.15) is 29.7 Å². The number of hydrogen-bond donors (Lipinski definition) is 2. The minimum absolute atomic E-state index is 0.181. The normalized spacial score (nSPS) is 22.5. The molecule has 8 heteroatoms. The Morgan fingerprint density at radius 3 is 2.69 bits per heavy atom. The fourth-order valence-corrected chi connectivity index (χ4v) is 5.66. The van der Waals surface area contributed by atoms with Gasteiger partial charge in [0.1, 0.15) is 17.4 Å². The summed E-state index contributed by atoms with van der Waals surface area (Å²) in [7, 11) is 1.61. The molecule has 2 aliphatic rings. The van der Waals surface area contributed by atoms with Gasteiger partial charge < -0.3 is 20.1 Å². The number of fused-ring (bicyclic) bond motifs is 4. The number of nitrogens with zero attached hydrogens (tertiary/aromatic N) is 1. The van der Waals surface area contributed by atoms with E-state index in [-0.39, 0.29) is 5.91 Å². The summed E-state index contributed by atoms with van der Waals surface area (Å²) in [4.78, 5) is 15.8. The highest BCUT2D eigenvalue weighted by Crippen LogP contribution is 2.50. The van der Waals surface area contributed by atoms with Gasteiger partial charge in [-0.2, -0.15) is 0 Å². The summed E-state index contributed by atoms with van der Waals surface area (Å²) >= 11 is 12.1. The van der Waals surface area contributed by atoms with Crippen molar-refractivity contribution in [3.05, 3.63) is 82.4 Å². The Labute approximate surface area is 215 Å². The van der Waals surface area contributed by atoms with Crippen molar-refractivity contribution in [3.8, 4) is 11.5 Å². The molecule has 5 rings (SSSR count). The second kappa shape index (κ2) is 8.73. The van der Waals surface area contributed by atoms with Crippen molar-refractivity contribution < 1.29 is 14.3 Å². The molecular formula is C27H26ClN3O3S. The monoisotopic (exact) mass is 507 g/mol. The number of aryl methyl sites for hydroxylation is 2. The molecule has 0 radical (unpaired) electrons. The Bertz CT molecular complexity index is 1350. The topological polar surface area (TPSA) is 62.8 Å². The standard InChI is InChI=1S/C27H26ClN3O3S/c1-15-8-10-21(16(2)12-15)29-25(32)23-24-20-14-19(33-4)9-11-22(20)34-27(23,3)31(26(35)30-24)18-7-5-6-17(28)13-18/h5-14,23-24H,1-4H3,(H,29,32)(H,30,35). The predicted molar refractivity (Wildman–Crippen MR) is 142 cm³/mol. The zero-order valence-corrected chi connectivity index (χ0v) is 21.5. The lowest BCUT2D eigenvalue weighted by Crippen LogP contribution is -2.72. The Balaban J connectivity index is 1.64. The maximum Gasteiger partial charge on any atom is 0.236 e. The molecule has 1 amide bonds. The first-order valence-electron chi connectivity index (χ1n) is 11.3. The van der Waals surface area contributed by atoms with Crippen molar-refractivity contribution in [2.45, 2.75) is 32.5 Å². The van der Waals surface area contributed by atoms with Crippen LogP contribution in [0, 0.1) is 19.8 Å². The molecule has 3 aromatic carbocycles. The lowest BCUT2D eigenvalue weighted by molar-refractivity contribution is -0.130. The van der Waals surface area contributed by atoms with E-state index in [9.17, 15) is 4.79 Å². The SMILES string of the molecule is COc1ccc2c(c1)C1NC(=S)N(c3cccc(Cl)c3)C(C)(O2)C1C(=O)Nc1ccc(C)cc1C. The van der Waals surface area contributed by atoms with E-state index in [1.165, 1.54) is 0 Å². The zero-order chi connectivity index (χ0) is 24.9. The van der Waals surface area contributed by atoms with Crippen molar-refractivity contribution in [2.24, 2.45) is 5.92 Å². The number of nitrogens with one attached hydrogen (secondary N) is 2. The molecule has 3 aromatic rings. The van der Waals surface area contributed by atoms with Crippen LogP contribution in [0.4, 0.5) is 11.4 Å². The number of methoxy groups -OCH3 is 1. The van der Waals surface area contributed by atoms with Crippen molar-refractivity contribution in [1.82, 2.24) is 5.32 Å². The molecule has 0 aromatic heterocycles. The summed E-state index contributed by atoms with van der Waals surface area (Å²) in [6.45, 7) is 5.90. The van der Waals surface area contributed by atoms with Crippen molar-refractivity contribution in [3.63, 3.8) is 0 Å². The van der Waals surface area contributed by atoms with E-state index >= 15 is 0 Å². The third-order valence-electron chi connectivity index (χ3n) is 6.69. The van der Waals surface area contributed by atoms with Crippen LogP contribution < -0.4 is 25.0 Å². The maximum atomic E-state index is 14.0. The first-order chi connectivity index (χ1) is 16.7. The molecule has 2 bridgehead atoms. The molecule has 3 atom stereocenters. The van der Waals surface area contributed by atoms with E-state index < -0.39 is 17.7 Å². The summed E-state index contributed by atoms with van der Waals surface area (Å²) in [6, 6.07) is 18.5. The number of carbonyl (C=O) groups excluding carboxylic acids is 1. The van der Waals surface area contributed by atoms with Gasteiger partial charge in [-0.1, -0.05) is 35.4 Å². The number of benzene rings is 3. The summed E-state index contributed by atoms with van der Waals surface area (Å²) in [5.74, 6) is 0.499. The van der Waals surface area contributed by atoms with E-state index in [1.807, 2.05) is 80.3 Å². The summed E-state index contributed by atoms with van der Waals surface area (Å²) in [5.41, 5.74) is 3.30.